The lowest BCUT2D eigenvalue weighted by Gasteiger charge is -2.14. The number of halogens is 3. The molecule has 0 fully saturated rings. The number of nitrogens with one attached hydrogen (secondary N) is 1. The SMILES string of the molecule is Cc1ccc(Oc2ccc(C(F)(F)F)c(C(=N)N)c2)cc1. The number of rotatable bonds is 3. The van der Waals surface area contributed by atoms with Crippen molar-refractivity contribution in [1.29, 1.82) is 5.41 Å². The molecule has 110 valence electrons. The number of alkyl halides is 3. The molecule has 0 atom stereocenters. The molecular weight excluding hydrogens is 281 g/mol. The largest absolute Gasteiger partial charge is 0.457 e. The van der Waals surface area contributed by atoms with Gasteiger partial charge in [-0.05, 0) is 37.3 Å². The van der Waals surface area contributed by atoms with E-state index < -0.39 is 23.1 Å². The monoisotopic (exact) mass is 294 g/mol. The van der Waals surface area contributed by atoms with E-state index in [0.29, 0.717) is 5.75 Å². The predicted molar refractivity (Wildman–Crippen MR) is 73.7 cm³/mol. The predicted octanol–water partition coefficient (Wildman–Crippen LogP) is 4.09. The highest BCUT2D eigenvalue weighted by atomic mass is 19.4. The van der Waals surface area contributed by atoms with E-state index in [2.05, 4.69) is 0 Å². The van der Waals surface area contributed by atoms with Crippen molar-refractivity contribution in [3.05, 3.63) is 59.2 Å². The summed E-state index contributed by atoms with van der Waals surface area (Å²) < 4.78 is 43.9. The minimum atomic E-state index is -4.57. The second kappa shape index (κ2) is 5.47. The molecule has 0 spiro atoms. The number of ether oxygens (including phenoxy) is 1. The summed E-state index contributed by atoms with van der Waals surface area (Å²) in [6, 6.07) is 10.2. The second-order valence-electron chi connectivity index (χ2n) is 4.53. The maximum absolute atomic E-state index is 12.8. The lowest BCUT2D eigenvalue weighted by Crippen LogP contribution is -2.18. The van der Waals surface area contributed by atoms with Crippen LogP contribution in [0, 0.1) is 12.3 Å². The van der Waals surface area contributed by atoms with Crippen LogP contribution >= 0.6 is 0 Å². The highest BCUT2D eigenvalue weighted by Gasteiger charge is 2.34. The molecule has 0 aromatic heterocycles. The van der Waals surface area contributed by atoms with Crippen molar-refractivity contribution in [2.24, 2.45) is 5.73 Å². The number of amidine groups is 1. The van der Waals surface area contributed by atoms with Crippen LogP contribution in [-0.4, -0.2) is 5.84 Å². The molecule has 2 aromatic rings. The van der Waals surface area contributed by atoms with E-state index in [9.17, 15) is 13.2 Å². The topological polar surface area (TPSA) is 59.1 Å². The zero-order valence-electron chi connectivity index (χ0n) is 11.2. The van der Waals surface area contributed by atoms with Crippen LogP contribution < -0.4 is 10.5 Å². The molecular formula is C15H13F3N2O. The number of benzene rings is 2. The first-order chi connectivity index (χ1) is 9.77. The van der Waals surface area contributed by atoms with Crippen LogP contribution in [0.4, 0.5) is 13.2 Å². The van der Waals surface area contributed by atoms with Gasteiger partial charge < -0.3 is 10.5 Å². The molecule has 3 N–H and O–H groups in total. The minimum absolute atomic E-state index is 0.192. The van der Waals surface area contributed by atoms with Gasteiger partial charge in [-0.25, -0.2) is 0 Å². The Morgan fingerprint density at radius 3 is 2.14 bits per heavy atom. The molecule has 0 bridgehead atoms. The molecule has 21 heavy (non-hydrogen) atoms. The fourth-order valence-electron chi connectivity index (χ4n) is 1.80. The first kappa shape index (κ1) is 14.9. The zero-order valence-corrected chi connectivity index (χ0v) is 11.2. The maximum atomic E-state index is 12.8. The summed E-state index contributed by atoms with van der Waals surface area (Å²) in [4.78, 5) is 0. The zero-order chi connectivity index (χ0) is 15.6. The first-order valence-corrected chi connectivity index (χ1v) is 6.07. The third kappa shape index (κ3) is 3.53. The quantitative estimate of drug-likeness (QED) is 0.661. The van der Waals surface area contributed by atoms with E-state index in [4.69, 9.17) is 15.9 Å². The normalized spacial score (nSPS) is 11.2. The summed E-state index contributed by atoms with van der Waals surface area (Å²) >= 11 is 0. The van der Waals surface area contributed by atoms with Gasteiger partial charge in [0.2, 0.25) is 0 Å². The van der Waals surface area contributed by atoms with Crippen molar-refractivity contribution in [1.82, 2.24) is 0 Å². The molecule has 0 unspecified atom stereocenters. The van der Waals surface area contributed by atoms with Crippen molar-refractivity contribution in [3.8, 4) is 11.5 Å². The van der Waals surface area contributed by atoms with Crippen LogP contribution in [0.25, 0.3) is 0 Å². The number of nitrogen functional groups attached to an aromatic ring is 1. The van der Waals surface area contributed by atoms with Crippen LogP contribution in [0.2, 0.25) is 0 Å². The Labute approximate surface area is 119 Å². The molecule has 0 aliphatic rings. The molecule has 3 nitrogen and oxygen atoms in total. The van der Waals surface area contributed by atoms with Gasteiger partial charge in [-0.2, -0.15) is 13.2 Å². The smallest absolute Gasteiger partial charge is 0.417 e. The summed E-state index contributed by atoms with van der Waals surface area (Å²) in [6.45, 7) is 1.91. The van der Waals surface area contributed by atoms with Crippen molar-refractivity contribution >= 4 is 5.84 Å². The number of hydrogen-bond acceptors (Lipinski definition) is 2. The van der Waals surface area contributed by atoms with Gasteiger partial charge in [-0.3, -0.25) is 5.41 Å². The second-order valence-corrected chi connectivity index (χ2v) is 4.53. The summed E-state index contributed by atoms with van der Waals surface area (Å²) in [5.74, 6) is 0.0311. The summed E-state index contributed by atoms with van der Waals surface area (Å²) in [5, 5.41) is 7.28. The average Bonchev–Trinajstić information content (AvgIpc) is 2.40. The van der Waals surface area contributed by atoms with Gasteiger partial charge in [0.05, 0.1) is 5.56 Å². The molecule has 0 saturated carbocycles. The molecule has 0 amide bonds. The fraction of sp³-hybridized carbons (Fsp3) is 0.133. The van der Waals surface area contributed by atoms with Gasteiger partial charge in [-0.1, -0.05) is 17.7 Å². The van der Waals surface area contributed by atoms with E-state index in [1.54, 1.807) is 12.1 Å². The van der Waals surface area contributed by atoms with E-state index in [0.717, 1.165) is 17.7 Å². The third-order valence-corrected chi connectivity index (χ3v) is 2.84. The molecule has 0 heterocycles. The molecule has 0 saturated heterocycles. The molecule has 2 aromatic carbocycles. The Morgan fingerprint density at radius 2 is 1.62 bits per heavy atom. The summed E-state index contributed by atoms with van der Waals surface area (Å²) in [6.07, 6.45) is -4.57. The van der Waals surface area contributed by atoms with E-state index in [-0.39, 0.29) is 5.75 Å². The van der Waals surface area contributed by atoms with E-state index >= 15 is 0 Å². The van der Waals surface area contributed by atoms with Crippen LogP contribution in [-0.2, 0) is 6.18 Å². The maximum Gasteiger partial charge on any atom is 0.417 e. The van der Waals surface area contributed by atoms with Crippen molar-refractivity contribution in [2.45, 2.75) is 13.1 Å². The Morgan fingerprint density at radius 1 is 1.05 bits per heavy atom. The third-order valence-electron chi connectivity index (χ3n) is 2.84. The van der Waals surface area contributed by atoms with Crippen LogP contribution in [0.1, 0.15) is 16.7 Å². The lowest BCUT2D eigenvalue weighted by molar-refractivity contribution is -0.137. The first-order valence-electron chi connectivity index (χ1n) is 6.07. The Kier molecular flexibility index (Phi) is 3.88. The standard InChI is InChI=1S/C15H13F3N2O/c1-9-2-4-10(5-3-9)21-11-6-7-13(15(16,17)18)12(8-11)14(19)20/h2-8H,1H3,(H3,19,20). The fourth-order valence-corrected chi connectivity index (χ4v) is 1.80. The van der Waals surface area contributed by atoms with Gasteiger partial charge >= 0.3 is 6.18 Å². The van der Waals surface area contributed by atoms with E-state index in [1.807, 2.05) is 19.1 Å². The van der Waals surface area contributed by atoms with Crippen LogP contribution in [0.5, 0.6) is 11.5 Å². The van der Waals surface area contributed by atoms with Crippen LogP contribution in [0.3, 0.4) is 0 Å². The highest BCUT2D eigenvalue weighted by Crippen LogP contribution is 2.34. The van der Waals surface area contributed by atoms with Gasteiger partial charge in [0.15, 0.2) is 0 Å². The summed E-state index contributed by atoms with van der Waals surface area (Å²) in [5.41, 5.74) is 4.91. The summed E-state index contributed by atoms with van der Waals surface area (Å²) in [7, 11) is 0. The van der Waals surface area contributed by atoms with Gasteiger partial charge in [-0.15, -0.1) is 0 Å². The van der Waals surface area contributed by atoms with Crippen molar-refractivity contribution in [2.75, 3.05) is 0 Å². The molecule has 0 aliphatic carbocycles. The highest BCUT2D eigenvalue weighted by molar-refractivity contribution is 5.97. The molecule has 6 heteroatoms. The number of nitrogens with two attached hydrogens (primary N) is 1. The molecule has 0 radical (unpaired) electrons. The van der Waals surface area contributed by atoms with Crippen molar-refractivity contribution < 1.29 is 17.9 Å². The van der Waals surface area contributed by atoms with Gasteiger partial charge in [0.25, 0.3) is 0 Å². The number of hydrogen-bond donors (Lipinski definition) is 2. The van der Waals surface area contributed by atoms with Crippen molar-refractivity contribution in [3.63, 3.8) is 0 Å². The lowest BCUT2D eigenvalue weighted by atomic mass is 10.1. The van der Waals surface area contributed by atoms with Gasteiger partial charge in [0, 0.05) is 5.56 Å². The molecule has 0 aliphatic heterocycles. The Bertz CT molecular complexity index is 664. The molecule has 2 rings (SSSR count). The number of aryl methyl sites for hydroxylation is 1. The Hall–Kier alpha value is -2.50. The Balaban J connectivity index is 2.36. The average molecular weight is 294 g/mol. The minimum Gasteiger partial charge on any atom is -0.457 e. The van der Waals surface area contributed by atoms with Gasteiger partial charge in [0.1, 0.15) is 17.3 Å². The van der Waals surface area contributed by atoms with E-state index in [1.165, 1.54) is 6.07 Å². The van der Waals surface area contributed by atoms with Crippen LogP contribution in [0.15, 0.2) is 42.5 Å².